The van der Waals surface area contributed by atoms with E-state index in [9.17, 15) is 10.1 Å². The van der Waals surface area contributed by atoms with Crippen LogP contribution in [0.2, 0.25) is 0 Å². The molecule has 1 aromatic rings. The molecule has 0 bridgehead atoms. The Labute approximate surface area is 81.4 Å². The fourth-order valence-electron chi connectivity index (χ4n) is 1.51. The minimum Gasteiger partial charge on any atom is -0.461 e. The number of hydrogen-bond acceptors (Lipinski definition) is 3. The first-order valence-corrected chi connectivity index (χ1v) is 4.58. The number of rotatable bonds is 3. The van der Waals surface area contributed by atoms with Crippen LogP contribution < -0.4 is 0 Å². The highest BCUT2D eigenvalue weighted by Crippen LogP contribution is 2.47. The van der Waals surface area contributed by atoms with Gasteiger partial charge in [-0.15, -0.1) is 0 Å². The van der Waals surface area contributed by atoms with Gasteiger partial charge in [-0.1, -0.05) is 6.92 Å². The van der Waals surface area contributed by atoms with Crippen LogP contribution in [-0.2, 0) is 0 Å². The Morgan fingerprint density at radius 3 is 2.93 bits per heavy atom. The minimum atomic E-state index is -0.498. The normalized spacial score (nSPS) is 25.5. The molecular formula is C10H11NO3. The molecule has 4 nitrogen and oxygen atoms in total. The third-order valence-electron chi connectivity index (χ3n) is 2.48. The number of nitrogens with zero attached hydrogens (tertiary/aromatic N) is 1. The van der Waals surface area contributed by atoms with Crippen LogP contribution in [0.3, 0.4) is 0 Å². The molecule has 0 radical (unpaired) electrons. The maximum absolute atomic E-state index is 10.1. The van der Waals surface area contributed by atoms with Crippen LogP contribution in [0.15, 0.2) is 22.7 Å². The van der Waals surface area contributed by atoms with E-state index >= 15 is 0 Å². The Morgan fingerprint density at radius 1 is 1.64 bits per heavy atom. The van der Waals surface area contributed by atoms with Crippen LogP contribution in [0.4, 0.5) is 0 Å². The summed E-state index contributed by atoms with van der Waals surface area (Å²) >= 11 is 0. The minimum absolute atomic E-state index is 0.498. The molecule has 1 aliphatic rings. The lowest BCUT2D eigenvalue weighted by atomic mass is 10.3. The van der Waals surface area contributed by atoms with Gasteiger partial charge in [-0.05, 0) is 24.5 Å². The van der Waals surface area contributed by atoms with Gasteiger partial charge in [-0.3, -0.25) is 10.1 Å². The van der Waals surface area contributed by atoms with Crippen molar-refractivity contribution in [1.29, 1.82) is 0 Å². The summed E-state index contributed by atoms with van der Waals surface area (Å²) in [5.41, 5.74) is 0. The van der Waals surface area contributed by atoms with Crippen molar-refractivity contribution in [2.24, 2.45) is 5.92 Å². The first kappa shape index (κ1) is 8.99. The summed E-state index contributed by atoms with van der Waals surface area (Å²) in [5, 5.41) is 10.1. The summed E-state index contributed by atoms with van der Waals surface area (Å²) in [7, 11) is 0. The zero-order valence-electron chi connectivity index (χ0n) is 7.84. The lowest BCUT2D eigenvalue weighted by Crippen LogP contribution is -1.81. The topological polar surface area (TPSA) is 56.3 Å². The maximum atomic E-state index is 10.1. The average molecular weight is 193 g/mol. The summed E-state index contributed by atoms with van der Waals surface area (Å²) in [6.07, 6.45) is 3.42. The van der Waals surface area contributed by atoms with Gasteiger partial charge < -0.3 is 4.42 Å². The van der Waals surface area contributed by atoms with Crippen molar-refractivity contribution >= 4 is 6.08 Å². The number of furan rings is 1. The first-order valence-electron chi connectivity index (χ1n) is 4.58. The highest BCUT2D eigenvalue weighted by Gasteiger charge is 2.36. The van der Waals surface area contributed by atoms with Gasteiger partial charge in [0.05, 0.1) is 11.0 Å². The third-order valence-corrected chi connectivity index (χ3v) is 2.48. The summed E-state index contributed by atoms with van der Waals surface area (Å²) in [6, 6.07) is 3.66. The van der Waals surface area contributed by atoms with E-state index in [0.717, 1.165) is 18.4 Å². The van der Waals surface area contributed by atoms with Crippen molar-refractivity contribution in [3.63, 3.8) is 0 Å². The Kier molecular flexibility index (Phi) is 2.11. The Balaban J connectivity index is 2.06. The molecule has 0 saturated heterocycles. The number of nitro groups is 1. The largest absolute Gasteiger partial charge is 0.461 e. The van der Waals surface area contributed by atoms with Crippen molar-refractivity contribution in [2.75, 3.05) is 0 Å². The zero-order valence-corrected chi connectivity index (χ0v) is 7.84. The van der Waals surface area contributed by atoms with Crippen LogP contribution in [-0.4, -0.2) is 4.92 Å². The predicted molar refractivity (Wildman–Crippen MR) is 51.3 cm³/mol. The zero-order chi connectivity index (χ0) is 10.1. The van der Waals surface area contributed by atoms with E-state index < -0.39 is 4.92 Å². The maximum Gasteiger partial charge on any atom is 0.238 e. The average Bonchev–Trinajstić information content (AvgIpc) is 2.68. The van der Waals surface area contributed by atoms with Crippen molar-refractivity contribution < 1.29 is 9.34 Å². The van der Waals surface area contributed by atoms with E-state index in [1.54, 1.807) is 6.07 Å². The van der Waals surface area contributed by atoms with Gasteiger partial charge in [-0.2, -0.15) is 0 Å². The van der Waals surface area contributed by atoms with Crippen LogP contribution in [0.1, 0.15) is 30.8 Å². The molecule has 0 spiro atoms. The molecule has 0 aromatic carbocycles. The van der Waals surface area contributed by atoms with Gasteiger partial charge in [0.15, 0.2) is 0 Å². The van der Waals surface area contributed by atoms with E-state index in [1.165, 1.54) is 6.08 Å². The molecule has 1 fully saturated rings. The predicted octanol–water partition coefficient (Wildman–Crippen LogP) is 2.65. The summed E-state index contributed by atoms with van der Waals surface area (Å²) in [5.74, 6) is 2.71. The van der Waals surface area contributed by atoms with Crippen LogP contribution >= 0.6 is 0 Å². The van der Waals surface area contributed by atoms with Gasteiger partial charge in [-0.25, -0.2) is 0 Å². The van der Waals surface area contributed by atoms with Gasteiger partial charge in [0, 0.05) is 5.92 Å². The molecule has 0 aliphatic heterocycles. The third kappa shape index (κ3) is 1.84. The van der Waals surface area contributed by atoms with Gasteiger partial charge in [0.1, 0.15) is 11.5 Å². The van der Waals surface area contributed by atoms with E-state index in [2.05, 4.69) is 6.92 Å². The van der Waals surface area contributed by atoms with Crippen LogP contribution in [0, 0.1) is 16.0 Å². The molecule has 14 heavy (non-hydrogen) atoms. The molecule has 1 aliphatic carbocycles. The Bertz CT molecular complexity index is 380. The quantitative estimate of drug-likeness (QED) is 0.547. The highest BCUT2D eigenvalue weighted by atomic mass is 16.6. The molecule has 0 amide bonds. The van der Waals surface area contributed by atoms with Crippen molar-refractivity contribution in [1.82, 2.24) is 0 Å². The van der Waals surface area contributed by atoms with Crippen molar-refractivity contribution in [3.05, 3.63) is 40.0 Å². The van der Waals surface area contributed by atoms with Crippen molar-refractivity contribution in [2.45, 2.75) is 19.3 Å². The van der Waals surface area contributed by atoms with Gasteiger partial charge in [0.25, 0.3) is 0 Å². The monoisotopic (exact) mass is 193 g/mol. The fourth-order valence-corrected chi connectivity index (χ4v) is 1.51. The molecule has 1 heterocycles. The first-order chi connectivity index (χ1) is 6.66. The van der Waals surface area contributed by atoms with Crippen molar-refractivity contribution in [3.8, 4) is 0 Å². The SMILES string of the molecule is CC1CC1c1ccc(/C=C/[N+](=O)[O-])o1. The lowest BCUT2D eigenvalue weighted by molar-refractivity contribution is -0.401. The Hall–Kier alpha value is -1.58. The summed E-state index contributed by atoms with van der Waals surface area (Å²) < 4.78 is 5.44. The Morgan fingerprint density at radius 2 is 2.36 bits per heavy atom. The standard InChI is InChI=1S/C10H11NO3/c1-7-6-9(7)10-3-2-8(14-10)4-5-11(12)13/h2-5,7,9H,6H2,1H3/b5-4+. The van der Waals surface area contributed by atoms with E-state index in [0.29, 0.717) is 17.6 Å². The molecule has 2 rings (SSSR count). The lowest BCUT2D eigenvalue weighted by Gasteiger charge is -1.89. The second kappa shape index (κ2) is 3.29. The molecule has 1 aromatic heterocycles. The second-order valence-corrected chi connectivity index (χ2v) is 3.66. The molecule has 1 saturated carbocycles. The molecule has 4 heteroatoms. The molecular weight excluding hydrogens is 182 g/mol. The molecule has 74 valence electrons. The molecule has 0 N–H and O–H groups in total. The van der Waals surface area contributed by atoms with Gasteiger partial charge in [0.2, 0.25) is 6.20 Å². The molecule has 2 unspecified atom stereocenters. The highest BCUT2D eigenvalue weighted by molar-refractivity contribution is 5.41. The van der Waals surface area contributed by atoms with E-state index in [4.69, 9.17) is 4.42 Å². The van der Waals surface area contributed by atoms with E-state index in [-0.39, 0.29) is 0 Å². The smallest absolute Gasteiger partial charge is 0.238 e. The van der Waals surface area contributed by atoms with E-state index in [1.807, 2.05) is 6.07 Å². The fraction of sp³-hybridized carbons (Fsp3) is 0.400. The summed E-state index contributed by atoms with van der Waals surface area (Å²) in [6.45, 7) is 2.17. The summed E-state index contributed by atoms with van der Waals surface area (Å²) in [4.78, 5) is 9.56. The number of hydrogen-bond donors (Lipinski definition) is 0. The van der Waals surface area contributed by atoms with Gasteiger partial charge >= 0.3 is 0 Å². The molecule has 2 atom stereocenters. The van der Waals surface area contributed by atoms with Crippen LogP contribution in [0.25, 0.3) is 6.08 Å². The van der Waals surface area contributed by atoms with Crippen LogP contribution in [0.5, 0.6) is 0 Å². The second-order valence-electron chi connectivity index (χ2n) is 3.66.